The van der Waals surface area contributed by atoms with E-state index in [1.807, 2.05) is 0 Å². The van der Waals surface area contributed by atoms with Crippen molar-refractivity contribution in [3.05, 3.63) is 88.6 Å². The predicted molar refractivity (Wildman–Crippen MR) is 112 cm³/mol. The fourth-order valence-electron chi connectivity index (χ4n) is 3.11. The highest BCUT2D eigenvalue weighted by Crippen LogP contribution is 2.32. The van der Waals surface area contributed by atoms with Gasteiger partial charge in [-0.3, -0.25) is 9.59 Å². The molecule has 0 saturated heterocycles. The Kier molecular flexibility index (Phi) is 5.24. The summed E-state index contributed by atoms with van der Waals surface area (Å²) in [5, 5.41) is 9.98. The highest BCUT2D eigenvalue weighted by molar-refractivity contribution is 5.96. The van der Waals surface area contributed by atoms with Gasteiger partial charge in [-0.2, -0.15) is 0 Å². The van der Waals surface area contributed by atoms with Crippen molar-refractivity contribution in [3.8, 4) is 28.6 Å². The molecule has 0 aliphatic rings. The van der Waals surface area contributed by atoms with Gasteiger partial charge in [0.25, 0.3) is 0 Å². The number of benzene rings is 3. The first-order chi connectivity index (χ1) is 14.9. The van der Waals surface area contributed by atoms with Crippen LogP contribution in [0.15, 0.2) is 82.0 Å². The number of carbonyl (C=O) groups excluding carboxylic acids is 2. The minimum Gasteiger partial charge on any atom is -0.508 e. The lowest BCUT2D eigenvalue weighted by Gasteiger charge is -2.12. The third-order valence-corrected chi connectivity index (χ3v) is 4.45. The lowest BCUT2D eigenvalue weighted by atomic mass is 10.0. The van der Waals surface area contributed by atoms with Gasteiger partial charge < -0.3 is 19.0 Å². The van der Waals surface area contributed by atoms with Crippen molar-refractivity contribution >= 4 is 22.9 Å². The molecule has 0 saturated carbocycles. The number of hydrogen-bond acceptors (Lipinski definition) is 7. The fourth-order valence-corrected chi connectivity index (χ4v) is 3.11. The number of aromatic hydroxyl groups is 1. The molecule has 0 radical (unpaired) electrons. The van der Waals surface area contributed by atoms with Gasteiger partial charge in [0.15, 0.2) is 0 Å². The first kappa shape index (κ1) is 19.9. The SMILES string of the molecule is CC(=O)Oc1ccccc1C(=O)Oc1oc2cc(O)ccc2c(=O)c1-c1ccccc1. The van der Waals surface area contributed by atoms with E-state index in [2.05, 4.69) is 0 Å². The van der Waals surface area contributed by atoms with Gasteiger partial charge in [0.1, 0.15) is 28.2 Å². The lowest BCUT2D eigenvalue weighted by molar-refractivity contribution is -0.131. The van der Waals surface area contributed by atoms with Crippen molar-refractivity contribution in [2.45, 2.75) is 6.92 Å². The zero-order valence-corrected chi connectivity index (χ0v) is 16.3. The van der Waals surface area contributed by atoms with Crippen LogP contribution >= 0.6 is 0 Å². The summed E-state index contributed by atoms with van der Waals surface area (Å²) >= 11 is 0. The van der Waals surface area contributed by atoms with Crippen LogP contribution < -0.4 is 14.9 Å². The fraction of sp³-hybridized carbons (Fsp3) is 0.0417. The van der Waals surface area contributed by atoms with Crippen molar-refractivity contribution in [3.63, 3.8) is 0 Å². The Morgan fingerprint density at radius 1 is 0.903 bits per heavy atom. The Balaban J connectivity index is 1.86. The molecule has 7 nitrogen and oxygen atoms in total. The van der Waals surface area contributed by atoms with Crippen molar-refractivity contribution in [2.24, 2.45) is 0 Å². The van der Waals surface area contributed by atoms with Gasteiger partial charge in [-0.15, -0.1) is 0 Å². The summed E-state index contributed by atoms with van der Waals surface area (Å²) in [7, 11) is 0. The van der Waals surface area contributed by atoms with Crippen molar-refractivity contribution in [2.75, 3.05) is 0 Å². The topological polar surface area (TPSA) is 103 Å². The molecule has 0 aliphatic carbocycles. The van der Waals surface area contributed by atoms with E-state index in [1.165, 1.54) is 37.3 Å². The minimum absolute atomic E-state index is 0.0158. The number of hydrogen-bond donors (Lipinski definition) is 1. The zero-order valence-electron chi connectivity index (χ0n) is 16.3. The molecular formula is C24H16O7. The highest BCUT2D eigenvalue weighted by Gasteiger charge is 2.23. The Hall–Kier alpha value is -4.39. The third-order valence-electron chi connectivity index (χ3n) is 4.45. The molecule has 3 aromatic carbocycles. The first-order valence-corrected chi connectivity index (χ1v) is 9.29. The quantitative estimate of drug-likeness (QED) is 0.391. The largest absolute Gasteiger partial charge is 0.508 e. The average molecular weight is 416 g/mol. The smallest absolute Gasteiger partial charge is 0.349 e. The number of phenolic OH excluding ortho intramolecular Hbond substituents is 1. The van der Waals surface area contributed by atoms with Crippen LogP contribution in [0.25, 0.3) is 22.1 Å². The summed E-state index contributed by atoms with van der Waals surface area (Å²) in [5.74, 6) is -1.91. The lowest BCUT2D eigenvalue weighted by Crippen LogP contribution is -2.15. The molecule has 0 fully saturated rings. The van der Waals surface area contributed by atoms with Crippen LogP contribution in [0.1, 0.15) is 17.3 Å². The average Bonchev–Trinajstić information content (AvgIpc) is 2.74. The highest BCUT2D eigenvalue weighted by atomic mass is 16.6. The van der Waals surface area contributed by atoms with Crippen LogP contribution in [-0.2, 0) is 4.79 Å². The van der Waals surface area contributed by atoms with Gasteiger partial charge in [0.2, 0.25) is 5.43 Å². The second kappa shape index (κ2) is 8.16. The normalized spacial score (nSPS) is 10.6. The summed E-state index contributed by atoms with van der Waals surface area (Å²) < 4.78 is 16.2. The van der Waals surface area contributed by atoms with E-state index in [0.29, 0.717) is 5.56 Å². The summed E-state index contributed by atoms with van der Waals surface area (Å²) in [6.45, 7) is 1.21. The second-order valence-corrected chi connectivity index (χ2v) is 6.62. The number of fused-ring (bicyclic) bond motifs is 1. The number of phenols is 1. The van der Waals surface area contributed by atoms with E-state index < -0.39 is 17.4 Å². The van der Waals surface area contributed by atoms with Crippen LogP contribution in [0, 0.1) is 0 Å². The third kappa shape index (κ3) is 4.02. The summed E-state index contributed by atoms with van der Waals surface area (Å²) in [6.07, 6.45) is 0. The second-order valence-electron chi connectivity index (χ2n) is 6.62. The molecule has 31 heavy (non-hydrogen) atoms. The molecule has 0 spiro atoms. The molecule has 1 heterocycles. The molecule has 1 N–H and O–H groups in total. The molecule has 4 aromatic rings. The van der Waals surface area contributed by atoms with Gasteiger partial charge in [-0.1, -0.05) is 42.5 Å². The number of carbonyl (C=O) groups is 2. The van der Waals surface area contributed by atoms with Crippen LogP contribution in [-0.4, -0.2) is 17.0 Å². The van der Waals surface area contributed by atoms with Crippen LogP contribution in [0.5, 0.6) is 17.4 Å². The summed E-state index contributed by atoms with van der Waals surface area (Å²) in [5.41, 5.74) is 0.152. The zero-order chi connectivity index (χ0) is 22.0. The van der Waals surface area contributed by atoms with Crippen LogP contribution in [0.4, 0.5) is 0 Å². The number of rotatable bonds is 4. The van der Waals surface area contributed by atoms with Crippen molar-refractivity contribution < 1.29 is 28.6 Å². The maximum Gasteiger partial charge on any atom is 0.349 e. The predicted octanol–water partition coefficient (Wildman–Crippen LogP) is 4.31. The van der Waals surface area contributed by atoms with E-state index >= 15 is 0 Å². The van der Waals surface area contributed by atoms with Crippen LogP contribution in [0.3, 0.4) is 0 Å². The minimum atomic E-state index is -0.878. The van der Waals surface area contributed by atoms with E-state index in [4.69, 9.17) is 13.9 Å². The molecule has 0 unspecified atom stereocenters. The Labute approximate surface area is 176 Å². The maximum absolute atomic E-state index is 13.2. The van der Waals surface area contributed by atoms with E-state index in [0.717, 1.165) is 0 Å². The van der Waals surface area contributed by atoms with Gasteiger partial charge in [0.05, 0.1) is 5.39 Å². The Bertz CT molecular complexity index is 1350. The summed E-state index contributed by atoms with van der Waals surface area (Å²) in [4.78, 5) is 37.4. The first-order valence-electron chi connectivity index (χ1n) is 9.29. The number of esters is 2. The van der Waals surface area contributed by atoms with Crippen molar-refractivity contribution in [1.82, 2.24) is 0 Å². The molecular weight excluding hydrogens is 400 g/mol. The van der Waals surface area contributed by atoms with Crippen LogP contribution in [0.2, 0.25) is 0 Å². The Morgan fingerprint density at radius 2 is 1.61 bits per heavy atom. The van der Waals surface area contributed by atoms with Gasteiger partial charge in [0, 0.05) is 13.0 Å². The van der Waals surface area contributed by atoms with Gasteiger partial charge in [-0.05, 0) is 29.8 Å². The molecule has 154 valence electrons. The van der Waals surface area contributed by atoms with E-state index in [1.54, 1.807) is 42.5 Å². The monoisotopic (exact) mass is 416 g/mol. The summed E-state index contributed by atoms with van der Waals surface area (Å²) in [6, 6.07) is 18.7. The molecule has 7 heteroatoms. The van der Waals surface area contributed by atoms with Crippen molar-refractivity contribution in [1.29, 1.82) is 0 Å². The number of ether oxygens (including phenoxy) is 2. The molecule has 1 aromatic heterocycles. The molecule has 0 atom stereocenters. The van der Waals surface area contributed by atoms with Gasteiger partial charge >= 0.3 is 17.9 Å². The van der Waals surface area contributed by atoms with Gasteiger partial charge in [-0.25, -0.2) is 4.79 Å². The maximum atomic E-state index is 13.2. The molecule has 0 amide bonds. The molecule has 4 rings (SSSR count). The standard InChI is InChI=1S/C24H16O7/c1-14(25)29-19-10-6-5-9-18(19)23(28)31-24-21(15-7-3-2-4-8-15)22(27)17-12-11-16(26)13-20(17)30-24/h2-13,26H,1H3. The Morgan fingerprint density at radius 3 is 2.35 bits per heavy atom. The molecule has 0 aliphatic heterocycles. The van der Waals surface area contributed by atoms with E-state index in [-0.39, 0.29) is 39.5 Å². The molecule has 0 bridgehead atoms. The van der Waals surface area contributed by atoms with E-state index in [9.17, 15) is 19.5 Å². The number of para-hydroxylation sites is 1.